The molecule has 0 unspecified atom stereocenters. The van der Waals surface area contributed by atoms with Crippen LogP contribution in [-0.2, 0) is 0 Å². The van der Waals surface area contributed by atoms with E-state index in [1.807, 2.05) is 0 Å². The molecule has 0 aromatic heterocycles. The molecule has 0 amide bonds. The molecular weight excluding hydrogens is 216 g/mol. The molecule has 0 spiro atoms. The Morgan fingerprint density at radius 2 is 1.93 bits per heavy atom. The van der Waals surface area contributed by atoms with Gasteiger partial charge < -0.3 is 11.1 Å². The maximum Gasteiger partial charge on any atom is 0.0559 e. The first-order valence-electron chi connectivity index (χ1n) is 4.65. The van der Waals surface area contributed by atoms with Crippen LogP contribution in [0.4, 0.5) is 5.69 Å². The highest BCUT2D eigenvalue weighted by Gasteiger charge is 1.93. The Bertz CT molecular complexity index is 280. The second-order valence-corrected chi connectivity index (χ2v) is 4.06. The Balaban J connectivity index is 0.000000165. The number of nitrogens with one attached hydrogen (secondary N) is 1. The number of hydrogen-bond acceptors (Lipinski definition) is 3. The summed E-state index contributed by atoms with van der Waals surface area (Å²) in [5, 5.41) is 3.82. The van der Waals surface area contributed by atoms with Crippen molar-refractivity contribution in [1.29, 1.82) is 0 Å². The van der Waals surface area contributed by atoms with Crippen molar-refractivity contribution in [1.82, 2.24) is 5.32 Å². The first kappa shape index (κ1) is 11.7. The fourth-order valence-electron chi connectivity index (χ4n) is 1.15. The topological polar surface area (TPSA) is 38.0 Å². The number of nitrogens with two attached hydrogens (primary N) is 1. The van der Waals surface area contributed by atoms with Crippen LogP contribution in [0.15, 0.2) is 23.1 Å². The Labute approximate surface area is 95.2 Å². The van der Waals surface area contributed by atoms with Crippen molar-refractivity contribution >= 4 is 29.9 Å². The minimum absolute atomic E-state index is 0.596. The van der Waals surface area contributed by atoms with Crippen molar-refractivity contribution in [2.24, 2.45) is 0 Å². The molecule has 4 heteroatoms. The molecule has 0 aliphatic carbocycles. The fraction of sp³-hybridized carbons (Fsp3) is 0.400. The molecule has 78 valence electrons. The van der Waals surface area contributed by atoms with E-state index in [0.717, 1.165) is 4.90 Å². The van der Waals surface area contributed by atoms with Gasteiger partial charge in [0.05, 0.1) is 5.02 Å². The van der Waals surface area contributed by atoms with Gasteiger partial charge in [-0.3, -0.25) is 0 Å². The summed E-state index contributed by atoms with van der Waals surface area (Å²) in [6.45, 7) is 2.50. The third-order valence-electron chi connectivity index (χ3n) is 1.93. The van der Waals surface area contributed by atoms with E-state index in [1.165, 1.54) is 25.9 Å². The highest BCUT2D eigenvalue weighted by molar-refractivity contribution is 7.80. The smallest absolute Gasteiger partial charge is 0.0559 e. The van der Waals surface area contributed by atoms with Gasteiger partial charge in [0.15, 0.2) is 0 Å². The normalized spacial score (nSPS) is 14.7. The third kappa shape index (κ3) is 4.22. The molecule has 1 aromatic rings. The third-order valence-corrected chi connectivity index (χ3v) is 2.76. The van der Waals surface area contributed by atoms with Crippen LogP contribution in [0.3, 0.4) is 0 Å². The van der Waals surface area contributed by atoms with E-state index in [4.69, 9.17) is 17.3 Å². The van der Waals surface area contributed by atoms with Crippen molar-refractivity contribution in [2.45, 2.75) is 17.7 Å². The van der Waals surface area contributed by atoms with E-state index < -0.39 is 0 Å². The van der Waals surface area contributed by atoms with Crippen LogP contribution < -0.4 is 11.1 Å². The van der Waals surface area contributed by atoms with Crippen LogP contribution >= 0.6 is 24.2 Å². The summed E-state index contributed by atoms with van der Waals surface area (Å²) in [5.74, 6) is 0. The number of benzene rings is 1. The zero-order valence-corrected chi connectivity index (χ0v) is 9.61. The average molecular weight is 231 g/mol. The molecule has 14 heavy (non-hydrogen) atoms. The molecule has 2 nitrogen and oxygen atoms in total. The van der Waals surface area contributed by atoms with Gasteiger partial charge in [0, 0.05) is 10.6 Å². The van der Waals surface area contributed by atoms with E-state index in [2.05, 4.69) is 17.9 Å². The summed E-state index contributed by atoms with van der Waals surface area (Å²) in [6, 6.07) is 5.19. The van der Waals surface area contributed by atoms with Crippen LogP contribution in [0.5, 0.6) is 0 Å². The fourth-order valence-corrected chi connectivity index (χ4v) is 1.48. The predicted octanol–water partition coefficient (Wildman–Crippen LogP) is 2.58. The summed E-state index contributed by atoms with van der Waals surface area (Å²) in [4.78, 5) is 0.755. The van der Waals surface area contributed by atoms with Crippen LogP contribution in [0.25, 0.3) is 0 Å². The lowest BCUT2D eigenvalue weighted by Crippen LogP contribution is -2.03. The van der Waals surface area contributed by atoms with Crippen LogP contribution in [-0.4, -0.2) is 13.1 Å². The predicted molar refractivity (Wildman–Crippen MR) is 65.2 cm³/mol. The lowest BCUT2D eigenvalue weighted by molar-refractivity contribution is 0.857. The summed E-state index contributed by atoms with van der Waals surface area (Å²) in [6.07, 6.45) is 2.78. The molecule has 1 aromatic carbocycles. The molecule has 3 N–H and O–H groups in total. The molecule has 0 bridgehead atoms. The molecule has 1 fully saturated rings. The van der Waals surface area contributed by atoms with E-state index >= 15 is 0 Å². The summed E-state index contributed by atoms with van der Waals surface area (Å²) in [5.41, 5.74) is 6.07. The molecule has 1 aliphatic rings. The van der Waals surface area contributed by atoms with Gasteiger partial charge in [-0.05, 0) is 44.1 Å². The molecular formula is C10H15ClN2S. The second-order valence-electron chi connectivity index (χ2n) is 3.17. The minimum atomic E-state index is 0.596. The highest BCUT2D eigenvalue weighted by atomic mass is 35.5. The molecule has 0 saturated carbocycles. The summed E-state index contributed by atoms with van der Waals surface area (Å²) in [7, 11) is 0. The zero-order valence-electron chi connectivity index (χ0n) is 7.96. The molecule has 0 radical (unpaired) electrons. The second kappa shape index (κ2) is 6.17. The van der Waals surface area contributed by atoms with Gasteiger partial charge in [0.2, 0.25) is 0 Å². The van der Waals surface area contributed by atoms with Gasteiger partial charge in [-0.15, -0.1) is 12.6 Å². The van der Waals surface area contributed by atoms with Gasteiger partial charge in [0.1, 0.15) is 0 Å². The van der Waals surface area contributed by atoms with Crippen LogP contribution in [0, 0.1) is 0 Å². The Hall–Kier alpha value is -0.380. The van der Waals surface area contributed by atoms with Gasteiger partial charge >= 0.3 is 0 Å². The minimum Gasteiger partial charge on any atom is -0.399 e. The molecule has 1 heterocycles. The number of thiol groups is 1. The summed E-state index contributed by atoms with van der Waals surface area (Å²) < 4.78 is 0. The van der Waals surface area contributed by atoms with E-state index in [1.54, 1.807) is 18.2 Å². The maximum absolute atomic E-state index is 5.66. The maximum atomic E-state index is 5.66. The van der Waals surface area contributed by atoms with Gasteiger partial charge in [0.25, 0.3) is 0 Å². The van der Waals surface area contributed by atoms with E-state index in [0.29, 0.717) is 10.7 Å². The number of hydrogen-bond donors (Lipinski definition) is 3. The van der Waals surface area contributed by atoms with Gasteiger partial charge in [-0.25, -0.2) is 0 Å². The number of nitrogen functional groups attached to an aromatic ring is 1. The zero-order chi connectivity index (χ0) is 10.4. The molecule has 1 aliphatic heterocycles. The molecule has 0 atom stereocenters. The van der Waals surface area contributed by atoms with Crippen molar-refractivity contribution in [2.75, 3.05) is 18.8 Å². The van der Waals surface area contributed by atoms with E-state index in [9.17, 15) is 0 Å². The highest BCUT2D eigenvalue weighted by Crippen LogP contribution is 2.21. The van der Waals surface area contributed by atoms with Crippen molar-refractivity contribution in [3.63, 3.8) is 0 Å². The Kier molecular flexibility index (Phi) is 5.15. The Morgan fingerprint density at radius 3 is 2.29 bits per heavy atom. The van der Waals surface area contributed by atoms with Crippen molar-refractivity contribution in [3.8, 4) is 0 Å². The van der Waals surface area contributed by atoms with Crippen LogP contribution in [0.1, 0.15) is 12.8 Å². The summed E-state index contributed by atoms with van der Waals surface area (Å²) >= 11 is 9.72. The average Bonchev–Trinajstić information content (AvgIpc) is 2.69. The molecule has 2 rings (SSSR count). The number of rotatable bonds is 0. The first-order chi connectivity index (χ1) is 6.70. The van der Waals surface area contributed by atoms with Gasteiger partial charge in [-0.2, -0.15) is 0 Å². The number of anilines is 1. The van der Waals surface area contributed by atoms with Crippen LogP contribution in [0.2, 0.25) is 5.02 Å². The quantitative estimate of drug-likeness (QED) is 0.474. The standard InChI is InChI=1S/C6H6ClNS.C4H9N/c7-5-3-4(8)1-2-6(5)9;1-2-4-5-3-1/h1-3,9H,8H2;5H,1-4H2. The first-order valence-corrected chi connectivity index (χ1v) is 5.47. The SMILES string of the molecule is C1CCNC1.Nc1ccc(S)c(Cl)c1. The van der Waals surface area contributed by atoms with Crippen molar-refractivity contribution in [3.05, 3.63) is 23.2 Å². The van der Waals surface area contributed by atoms with Crippen molar-refractivity contribution < 1.29 is 0 Å². The van der Waals surface area contributed by atoms with Gasteiger partial charge in [-0.1, -0.05) is 11.6 Å². The lowest BCUT2D eigenvalue weighted by Gasteiger charge is -1.95. The Morgan fingerprint density at radius 1 is 1.29 bits per heavy atom. The monoisotopic (exact) mass is 230 g/mol. The molecule has 1 saturated heterocycles. The number of halogens is 1. The largest absolute Gasteiger partial charge is 0.399 e. The lowest BCUT2D eigenvalue weighted by atomic mass is 10.3. The van der Waals surface area contributed by atoms with E-state index in [-0.39, 0.29) is 0 Å².